The van der Waals surface area contributed by atoms with Gasteiger partial charge in [0.25, 0.3) is 0 Å². The van der Waals surface area contributed by atoms with Crippen LogP contribution >= 0.6 is 0 Å². The molecule has 0 saturated heterocycles. The molecule has 1 amide bonds. The van der Waals surface area contributed by atoms with Crippen molar-refractivity contribution in [3.63, 3.8) is 0 Å². The van der Waals surface area contributed by atoms with E-state index in [1.54, 1.807) is 19.5 Å². The normalized spacial score (nSPS) is 14.7. The first-order valence-electron chi connectivity index (χ1n) is 4.92. The molecule has 1 N–H and O–H groups in total. The summed E-state index contributed by atoms with van der Waals surface area (Å²) in [6, 6.07) is 0. The van der Waals surface area contributed by atoms with Crippen LogP contribution in [0, 0.1) is 5.92 Å². The highest BCUT2D eigenvalue weighted by atomic mass is 16.5. The molecule has 1 aliphatic carbocycles. The maximum Gasteiger partial charge on any atom is 0.223 e. The molecule has 1 saturated carbocycles. The first-order chi connectivity index (χ1) is 7.29. The van der Waals surface area contributed by atoms with Gasteiger partial charge in [-0.25, -0.2) is 9.97 Å². The van der Waals surface area contributed by atoms with Gasteiger partial charge in [0.2, 0.25) is 5.91 Å². The first-order valence-corrected chi connectivity index (χ1v) is 4.92. The van der Waals surface area contributed by atoms with Crippen LogP contribution in [0.15, 0.2) is 12.4 Å². The van der Waals surface area contributed by atoms with Crippen molar-refractivity contribution in [3.8, 4) is 5.75 Å². The maximum absolute atomic E-state index is 11.3. The monoisotopic (exact) mass is 207 g/mol. The summed E-state index contributed by atoms with van der Waals surface area (Å²) >= 11 is 0. The van der Waals surface area contributed by atoms with Gasteiger partial charge in [0.1, 0.15) is 5.82 Å². The molecule has 0 spiro atoms. The molecule has 0 bridgehead atoms. The Kier molecular flexibility index (Phi) is 2.80. The molecule has 5 nitrogen and oxygen atoms in total. The van der Waals surface area contributed by atoms with Gasteiger partial charge in [-0.05, 0) is 12.8 Å². The first kappa shape index (κ1) is 9.89. The van der Waals surface area contributed by atoms with Crippen LogP contribution in [0.25, 0.3) is 0 Å². The van der Waals surface area contributed by atoms with Crippen molar-refractivity contribution in [1.29, 1.82) is 0 Å². The van der Waals surface area contributed by atoms with Gasteiger partial charge in [0.05, 0.1) is 26.0 Å². The largest absolute Gasteiger partial charge is 0.494 e. The molecule has 1 aromatic heterocycles. The maximum atomic E-state index is 11.3. The van der Waals surface area contributed by atoms with Gasteiger partial charge >= 0.3 is 0 Å². The second-order valence-corrected chi connectivity index (χ2v) is 3.53. The third-order valence-electron chi connectivity index (χ3n) is 2.29. The number of hydrogen-bond acceptors (Lipinski definition) is 4. The van der Waals surface area contributed by atoms with E-state index in [0.29, 0.717) is 18.1 Å². The predicted octanol–water partition coefficient (Wildman–Crippen LogP) is 0.511. The van der Waals surface area contributed by atoms with Crippen LogP contribution in [0.3, 0.4) is 0 Å². The number of methoxy groups -OCH3 is 1. The molecule has 1 aromatic rings. The summed E-state index contributed by atoms with van der Waals surface area (Å²) in [6.07, 6.45) is 5.20. The Morgan fingerprint density at radius 3 is 2.73 bits per heavy atom. The van der Waals surface area contributed by atoms with E-state index in [4.69, 9.17) is 4.74 Å². The Hall–Kier alpha value is -1.65. The van der Waals surface area contributed by atoms with Crippen LogP contribution < -0.4 is 10.1 Å². The average molecular weight is 207 g/mol. The van der Waals surface area contributed by atoms with Crippen molar-refractivity contribution in [2.24, 2.45) is 5.92 Å². The Morgan fingerprint density at radius 2 is 2.20 bits per heavy atom. The van der Waals surface area contributed by atoms with Gasteiger partial charge in [-0.2, -0.15) is 0 Å². The number of nitrogens with zero attached hydrogens (tertiary/aromatic N) is 2. The molecule has 1 fully saturated rings. The molecule has 5 heteroatoms. The topological polar surface area (TPSA) is 64.1 Å². The van der Waals surface area contributed by atoms with Crippen LogP contribution in [0.2, 0.25) is 0 Å². The van der Waals surface area contributed by atoms with Crippen LogP contribution in [-0.4, -0.2) is 23.0 Å². The zero-order valence-corrected chi connectivity index (χ0v) is 8.56. The third-order valence-corrected chi connectivity index (χ3v) is 2.29. The van der Waals surface area contributed by atoms with Gasteiger partial charge in [-0.3, -0.25) is 4.79 Å². The lowest BCUT2D eigenvalue weighted by molar-refractivity contribution is -0.122. The molecule has 0 unspecified atom stereocenters. The molecule has 0 aliphatic heterocycles. The third kappa shape index (κ3) is 2.65. The number of carbonyl (C=O) groups excluding carboxylic acids is 1. The predicted molar refractivity (Wildman–Crippen MR) is 53.2 cm³/mol. The van der Waals surface area contributed by atoms with Crippen LogP contribution in [-0.2, 0) is 11.3 Å². The fraction of sp³-hybridized carbons (Fsp3) is 0.500. The molecular formula is C10H13N3O2. The van der Waals surface area contributed by atoms with Crippen molar-refractivity contribution in [2.45, 2.75) is 19.4 Å². The van der Waals surface area contributed by atoms with Gasteiger partial charge in [0, 0.05) is 5.92 Å². The van der Waals surface area contributed by atoms with Crippen LogP contribution in [0.5, 0.6) is 5.75 Å². The minimum atomic E-state index is 0.106. The standard InChI is InChI=1S/C10H13N3O2/c1-15-8-4-11-9(12-5-8)6-13-10(14)7-2-3-7/h4-5,7H,2-3,6H2,1H3,(H,13,14). The van der Waals surface area contributed by atoms with Crippen molar-refractivity contribution >= 4 is 5.91 Å². The lowest BCUT2D eigenvalue weighted by atomic mass is 10.4. The van der Waals surface area contributed by atoms with E-state index in [1.807, 2.05) is 0 Å². The summed E-state index contributed by atoms with van der Waals surface area (Å²) in [5.74, 6) is 1.55. The Morgan fingerprint density at radius 1 is 1.53 bits per heavy atom. The van der Waals surface area contributed by atoms with E-state index in [9.17, 15) is 4.79 Å². The number of carbonyl (C=O) groups is 1. The second kappa shape index (κ2) is 4.25. The molecule has 1 aliphatic rings. The SMILES string of the molecule is COc1cnc(CNC(=O)C2CC2)nc1. The minimum absolute atomic E-state index is 0.106. The Bertz CT molecular complexity index is 346. The van der Waals surface area contributed by atoms with Crippen molar-refractivity contribution in [3.05, 3.63) is 18.2 Å². The summed E-state index contributed by atoms with van der Waals surface area (Å²) < 4.78 is 4.93. The zero-order chi connectivity index (χ0) is 10.7. The average Bonchev–Trinajstić information content (AvgIpc) is 3.10. The van der Waals surface area contributed by atoms with Gasteiger partial charge < -0.3 is 10.1 Å². The number of nitrogens with one attached hydrogen (secondary N) is 1. The van der Waals surface area contributed by atoms with Gasteiger partial charge in [-0.1, -0.05) is 0 Å². The fourth-order valence-electron chi connectivity index (χ4n) is 1.20. The summed E-state index contributed by atoms with van der Waals surface area (Å²) in [5.41, 5.74) is 0. The molecule has 0 radical (unpaired) electrons. The summed E-state index contributed by atoms with van der Waals surface area (Å²) in [6.45, 7) is 0.388. The quantitative estimate of drug-likeness (QED) is 0.781. The molecular weight excluding hydrogens is 194 g/mol. The van der Waals surface area contributed by atoms with Crippen molar-refractivity contribution < 1.29 is 9.53 Å². The van der Waals surface area contributed by atoms with Crippen molar-refractivity contribution in [1.82, 2.24) is 15.3 Å². The fourth-order valence-corrected chi connectivity index (χ4v) is 1.20. The molecule has 0 atom stereocenters. The smallest absolute Gasteiger partial charge is 0.223 e. The van der Waals surface area contributed by atoms with E-state index in [2.05, 4.69) is 15.3 Å². The van der Waals surface area contributed by atoms with Crippen LogP contribution in [0.4, 0.5) is 0 Å². The second-order valence-electron chi connectivity index (χ2n) is 3.53. The number of rotatable bonds is 4. The number of amides is 1. The van der Waals surface area contributed by atoms with E-state index >= 15 is 0 Å². The zero-order valence-electron chi connectivity index (χ0n) is 8.56. The van der Waals surface area contributed by atoms with E-state index in [0.717, 1.165) is 12.8 Å². The highest BCUT2D eigenvalue weighted by Crippen LogP contribution is 2.28. The van der Waals surface area contributed by atoms with E-state index in [1.165, 1.54) is 0 Å². The van der Waals surface area contributed by atoms with Crippen molar-refractivity contribution in [2.75, 3.05) is 7.11 Å². The number of hydrogen-bond donors (Lipinski definition) is 1. The lowest BCUT2D eigenvalue weighted by Crippen LogP contribution is -2.25. The van der Waals surface area contributed by atoms with Gasteiger partial charge in [0.15, 0.2) is 5.75 Å². The van der Waals surface area contributed by atoms with E-state index in [-0.39, 0.29) is 11.8 Å². The Labute approximate surface area is 87.9 Å². The van der Waals surface area contributed by atoms with E-state index < -0.39 is 0 Å². The lowest BCUT2D eigenvalue weighted by Gasteiger charge is -2.03. The molecule has 2 rings (SSSR count). The Balaban J connectivity index is 1.84. The minimum Gasteiger partial charge on any atom is -0.494 e. The highest BCUT2D eigenvalue weighted by molar-refractivity contribution is 5.80. The number of ether oxygens (including phenoxy) is 1. The molecule has 1 heterocycles. The molecule has 15 heavy (non-hydrogen) atoms. The highest BCUT2D eigenvalue weighted by Gasteiger charge is 2.29. The summed E-state index contributed by atoms with van der Waals surface area (Å²) in [4.78, 5) is 19.4. The summed E-state index contributed by atoms with van der Waals surface area (Å²) in [5, 5.41) is 2.79. The number of aromatic nitrogens is 2. The molecule has 80 valence electrons. The van der Waals surface area contributed by atoms with Gasteiger partial charge in [-0.15, -0.1) is 0 Å². The van der Waals surface area contributed by atoms with Crippen LogP contribution in [0.1, 0.15) is 18.7 Å². The summed E-state index contributed by atoms with van der Waals surface area (Å²) in [7, 11) is 1.56. The molecule has 0 aromatic carbocycles.